The summed E-state index contributed by atoms with van der Waals surface area (Å²) in [5.41, 5.74) is 1.90. The SMILES string of the molecule is CC[Si](CC)(c1ccc(OCC(O)C(C)(C)C)c(C)c1)c1ccc(OC[C@@H](O)CO)c(C)c1. The third-order valence-electron chi connectivity index (χ3n) is 6.70. The predicted molar refractivity (Wildman–Crippen MR) is 138 cm³/mol. The van der Waals surface area contributed by atoms with Crippen LogP contribution in [0.2, 0.25) is 12.1 Å². The minimum Gasteiger partial charge on any atom is -0.491 e. The van der Waals surface area contributed by atoms with Crippen LogP contribution in [-0.2, 0) is 0 Å². The van der Waals surface area contributed by atoms with Gasteiger partial charge in [0.25, 0.3) is 0 Å². The van der Waals surface area contributed by atoms with Crippen LogP contribution >= 0.6 is 0 Å². The summed E-state index contributed by atoms with van der Waals surface area (Å²) in [5, 5.41) is 31.7. The highest BCUT2D eigenvalue weighted by Crippen LogP contribution is 2.25. The zero-order valence-corrected chi connectivity index (χ0v) is 22.3. The van der Waals surface area contributed by atoms with Crippen LogP contribution in [0.25, 0.3) is 0 Å². The van der Waals surface area contributed by atoms with Crippen molar-refractivity contribution in [1.82, 2.24) is 0 Å². The van der Waals surface area contributed by atoms with Gasteiger partial charge in [-0.15, -0.1) is 0 Å². The van der Waals surface area contributed by atoms with E-state index in [-0.39, 0.29) is 25.2 Å². The maximum atomic E-state index is 10.3. The van der Waals surface area contributed by atoms with E-state index in [9.17, 15) is 10.2 Å². The van der Waals surface area contributed by atoms with E-state index >= 15 is 0 Å². The molecule has 6 heteroatoms. The highest BCUT2D eigenvalue weighted by molar-refractivity contribution is 7.02. The second-order valence-electron chi connectivity index (χ2n) is 10.1. The molecule has 2 aromatic rings. The highest BCUT2D eigenvalue weighted by atomic mass is 28.3. The molecule has 33 heavy (non-hydrogen) atoms. The first kappa shape index (κ1) is 27.4. The van der Waals surface area contributed by atoms with Crippen molar-refractivity contribution in [3.63, 3.8) is 0 Å². The number of hydrogen-bond donors (Lipinski definition) is 3. The summed E-state index contributed by atoms with van der Waals surface area (Å²) in [5.74, 6) is 1.55. The van der Waals surface area contributed by atoms with Gasteiger partial charge in [-0.05, 0) is 42.5 Å². The number of aryl methyl sites for hydroxylation is 2. The summed E-state index contributed by atoms with van der Waals surface area (Å²) in [4.78, 5) is 0. The van der Waals surface area contributed by atoms with Gasteiger partial charge in [-0.25, -0.2) is 0 Å². The zero-order valence-electron chi connectivity index (χ0n) is 21.3. The molecule has 0 radical (unpaired) electrons. The number of ether oxygens (including phenoxy) is 2. The van der Waals surface area contributed by atoms with Gasteiger partial charge in [0.2, 0.25) is 0 Å². The van der Waals surface area contributed by atoms with Crippen LogP contribution in [0.5, 0.6) is 11.5 Å². The lowest BCUT2D eigenvalue weighted by Crippen LogP contribution is -2.57. The molecule has 0 aliphatic rings. The second kappa shape index (κ2) is 11.5. The lowest BCUT2D eigenvalue weighted by Gasteiger charge is -2.32. The van der Waals surface area contributed by atoms with Crippen molar-refractivity contribution in [3.8, 4) is 11.5 Å². The number of aliphatic hydroxyl groups is 3. The Labute approximate surface area is 200 Å². The largest absolute Gasteiger partial charge is 0.491 e. The van der Waals surface area contributed by atoms with E-state index in [1.165, 1.54) is 10.4 Å². The Morgan fingerprint density at radius 3 is 1.64 bits per heavy atom. The van der Waals surface area contributed by atoms with Gasteiger partial charge in [-0.2, -0.15) is 0 Å². The Hall–Kier alpha value is -1.86. The Morgan fingerprint density at radius 2 is 1.27 bits per heavy atom. The molecule has 5 nitrogen and oxygen atoms in total. The molecule has 0 saturated heterocycles. The van der Waals surface area contributed by atoms with Gasteiger partial charge < -0.3 is 24.8 Å². The van der Waals surface area contributed by atoms with E-state index < -0.39 is 20.3 Å². The van der Waals surface area contributed by atoms with Crippen LogP contribution in [0, 0.1) is 19.3 Å². The second-order valence-corrected chi connectivity index (χ2v) is 14.8. The third kappa shape index (κ3) is 6.60. The Morgan fingerprint density at radius 1 is 0.818 bits per heavy atom. The number of rotatable bonds is 11. The normalized spacial score (nSPS) is 14.1. The summed E-state index contributed by atoms with van der Waals surface area (Å²) >= 11 is 0. The molecule has 2 rings (SSSR count). The summed E-state index contributed by atoms with van der Waals surface area (Å²) in [7, 11) is -1.98. The molecule has 1 unspecified atom stereocenters. The first-order chi connectivity index (χ1) is 15.5. The highest BCUT2D eigenvalue weighted by Gasteiger charge is 2.34. The number of benzene rings is 2. The Bertz CT molecular complexity index is 902. The van der Waals surface area contributed by atoms with Crippen LogP contribution in [0.1, 0.15) is 45.7 Å². The summed E-state index contributed by atoms with van der Waals surface area (Å²) in [6, 6.07) is 15.0. The predicted octanol–water partition coefficient (Wildman–Crippen LogP) is 3.42. The van der Waals surface area contributed by atoms with Gasteiger partial charge in [0.1, 0.15) is 38.9 Å². The molecule has 0 spiro atoms. The zero-order chi connectivity index (χ0) is 24.8. The first-order valence-corrected chi connectivity index (χ1v) is 14.3. The molecule has 2 atom stereocenters. The molecule has 0 aliphatic heterocycles. The molecule has 0 fully saturated rings. The quantitative estimate of drug-likeness (QED) is 0.435. The Kier molecular flexibility index (Phi) is 9.55. The lowest BCUT2D eigenvalue weighted by molar-refractivity contribution is 0.0216. The molecule has 0 aromatic heterocycles. The fraction of sp³-hybridized carbons (Fsp3) is 0.556. The van der Waals surface area contributed by atoms with Crippen LogP contribution in [0.15, 0.2) is 36.4 Å². The minimum absolute atomic E-state index is 0.0748. The summed E-state index contributed by atoms with van der Waals surface area (Å²) in [6.07, 6.45) is -1.41. The monoisotopic (exact) mass is 474 g/mol. The van der Waals surface area contributed by atoms with Gasteiger partial charge in [-0.1, -0.05) is 81.3 Å². The van der Waals surface area contributed by atoms with Crippen molar-refractivity contribution in [2.45, 2.75) is 72.8 Å². The van der Waals surface area contributed by atoms with Crippen molar-refractivity contribution >= 4 is 18.4 Å². The summed E-state index contributed by atoms with van der Waals surface area (Å²) in [6.45, 7) is 14.7. The molecule has 0 bridgehead atoms. The average Bonchev–Trinajstić information content (AvgIpc) is 2.78. The maximum Gasteiger partial charge on any atom is 0.122 e. The van der Waals surface area contributed by atoms with E-state index in [0.717, 1.165) is 34.7 Å². The average molecular weight is 475 g/mol. The van der Waals surface area contributed by atoms with Gasteiger partial charge in [0, 0.05) is 0 Å². The van der Waals surface area contributed by atoms with E-state index in [2.05, 4.69) is 45.0 Å². The molecule has 0 amide bonds. The lowest BCUT2D eigenvalue weighted by atomic mass is 9.90. The van der Waals surface area contributed by atoms with E-state index in [1.54, 1.807) is 0 Å². The molecule has 0 saturated carbocycles. The minimum atomic E-state index is -1.98. The summed E-state index contributed by atoms with van der Waals surface area (Å²) < 4.78 is 11.7. The molecule has 2 aromatic carbocycles. The van der Waals surface area contributed by atoms with Crippen LogP contribution in [0.3, 0.4) is 0 Å². The van der Waals surface area contributed by atoms with Crippen molar-refractivity contribution in [2.75, 3.05) is 19.8 Å². The fourth-order valence-corrected chi connectivity index (χ4v) is 8.37. The van der Waals surface area contributed by atoms with Gasteiger partial charge in [0.15, 0.2) is 0 Å². The van der Waals surface area contributed by atoms with Crippen molar-refractivity contribution in [1.29, 1.82) is 0 Å². The third-order valence-corrected chi connectivity index (χ3v) is 11.9. The molecular formula is C27H42O5Si. The fourth-order valence-electron chi connectivity index (χ4n) is 4.11. The Balaban J connectivity index is 2.31. The maximum absolute atomic E-state index is 10.3. The first-order valence-electron chi connectivity index (χ1n) is 11.9. The van der Waals surface area contributed by atoms with Crippen molar-refractivity contribution in [3.05, 3.63) is 47.5 Å². The number of hydrogen-bond acceptors (Lipinski definition) is 5. The topological polar surface area (TPSA) is 79.2 Å². The standard InChI is InChI=1S/C27H42O5Si/c1-8-33(9-2,22-10-12-24(19(3)14-22)31-17-21(29)16-28)23-11-13-25(20(4)15-23)32-18-26(30)27(5,6)7/h10-15,21,26,28-30H,8-9,16-18H2,1-7H3/t21-,26?/m0/s1. The molecule has 184 valence electrons. The van der Waals surface area contributed by atoms with Crippen LogP contribution in [0.4, 0.5) is 0 Å². The van der Waals surface area contributed by atoms with Gasteiger partial charge in [-0.3, -0.25) is 0 Å². The van der Waals surface area contributed by atoms with Gasteiger partial charge in [0.05, 0.1) is 12.7 Å². The smallest absolute Gasteiger partial charge is 0.122 e. The van der Waals surface area contributed by atoms with Crippen LogP contribution in [-0.4, -0.2) is 55.4 Å². The van der Waals surface area contributed by atoms with Crippen molar-refractivity contribution in [2.24, 2.45) is 5.41 Å². The van der Waals surface area contributed by atoms with Crippen molar-refractivity contribution < 1.29 is 24.8 Å². The molecular weight excluding hydrogens is 432 g/mol. The molecule has 0 heterocycles. The molecule has 3 N–H and O–H groups in total. The van der Waals surface area contributed by atoms with E-state index in [1.807, 2.05) is 39.8 Å². The number of aliphatic hydroxyl groups excluding tert-OH is 3. The van der Waals surface area contributed by atoms with Crippen LogP contribution < -0.4 is 19.8 Å². The van der Waals surface area contributed by atoms with Gasteiger partial charge >= 0.3 is 0 Å². The van der Waals surface area contributed by atoms with E-state index in [4.69, 9.17) is 14.6 Å². The molecule has 0 aliphatic carbocycles. The van der Waals surface area contributed by atoms with E-state index in [0.29, 0.717) is 0 Å².